The van der Waals surface area contributed by atoms with Gasteiger partial charge in [-0.3, -0.25) is 9.24 Å². The van der Waals surface area contributed by atoms with Crippen molar-refractivity contribution in [3.8, 4) is 22.8 Å². The second-order valence-electron chi connectivity index (χ2n) is 9.28. The van der Waals surface area contributed by atoms with Gasteiger partial charge in [0.1, 0.15) is 0 Å². The summed E-state index contributed by atoms with van der Waals surface area (Å²) in [4.78, 5) is 16.7. The lowest BCUT2D eigenvalue weighted by molar-refractivity contribution is 0.585. The molecule has 40 heavy (non-hydrogen) atoms. The van der Waals surface area contributed by atoms with Gasteiger partial charge in [-0.15, -0.1) is 0 Å². The third-order valence-corrected chi connectivity index (χ3v) is 10.8. The standard InChI is InChI=1S/C33H23N4OPS/c38-39(33-35-31(24-14-4-1-5-15-24)34-32(36-33)25-16-6-2-7-17-25)28-21-11-13-23-30(28)40-29-22-12-10-20-27(29)37(39)26-18-8-3-9-19-26/h1-23H. The molecule has 0 radical (unpaired) electrons. The molecular weight excluding hydrogens is 531 g/mol. The van der Waals surface area contributed by atoms with E-state index in [1.54, 1.807) is 11.8 Å². The second-order valence-corrected chi connectivity index (χ2v) is 12.8. The summed E-state index contributed by atoms with van der Waals surface area (Å²) in [7, 11) is -3.71. The van der Waals surface area contributed by atoms with Gasteiger partial charge in [0.05, 0.1) is 11.0 Å². The van der Waals surface area contributed by atoms with Crippen LogP contribution in [0.15, 0.2) is 149 Å². The van der Waals surface area contributed by atoms with Crippen LogP contribution in [0.2, 0.25) is 0 Å². The molecule has 0 spiro atoms. The molecule has 5 aromatic carbocycles. The third kappa shape index (κ3) is 4.22. The van der Waals surface area contributed by atoms with Crippen LogP contribution in [0, 0.1) is 0 Å². The molecule has 192 valence electrons. The van der Waals surface area contributed by atoms with Gasteiger partial charge in [0, 0.05) is 26.6 Å². The average Bonchev–Trinajstić information content (AvgIpc) is 3.14. The number of para-hydroxylation sites is 2. The SMILES string of the molecule is O=P1(c2nc(-c3ccccc3)nc(-c3ccccc3)n2)c2ccccc2Sc2ccccc2N1c1ccccc1. The van der Waals surface area contributed by atoms with Gasteiger partial charge in [-0.05, 0) is 36.4 Å². The fourth-order valence-corrected chi connectivity index (χ4v) is 9.10. The van der Waals surface area contributed by atoms with Gasteiger partial charge >= 0.3 is 0 Å². The zero-order valence-electron chi connectivity index (χ0n) is 21.3. The molecule has 7 heteroatoms. The zero-order chi connectivity index (χ0) is 26.9. The fraction of sp³-hybridized carbons (Fsp3) is 0. The van der Waals surface area contributed by atoms with Crippen molar-refractivity contribution in [3.05, 3.63) is 140 Å². The number of aromatic nitrogens is 3. The van der Waals surface area contributed by atoms with Crippen LogP contribution in [-0.2, 0) is 4.57 Å². The molecule has 0 N–H and O–H groups in total. The van der Waals surface area contributed by atoms with E-state index in [0.717, 1.165) is 32.3 Å². The molecule has 6 aromatic rings. The van der Waals surface area contributed by atoms with E-state index in [-0.39, 0.29) is 5.57 Å². The maximum absolute atomic E-state index is 16.1. The van der Waals surface area contributed by atoms with E-state index < -0.39 is 7.29 Å². The minimum Gasteiger partial charge on any atom is -0.286 e. The predicted octanol–water partition coefficient (Wildman–Crippen LogP) is 7.74. The monoisotopic (exact) mass is 554 g/mol. The summed E-state index contributed by atoms with van der Waals surface area (Å²) >= 11 is 1.61. The Labute approximate surface area is 237 Å². The summed E-state index contributed by atoms with van der Waals surface area (Å²) in [6.07, 6.45) is 0. The lowest BCUT2D eigenvalue weighted by atomic mass is 10.2. The third-order valence-electron chi connectivity index (χ3n) is 6.75. The van der Waals surface area contributed by atoms with Crippen LogP contribution in [0.3, 0.4) is 0 Å². The molecule has 0 bridgehead atoms. The van der Waals surface area contributed by atoms with Crippen molar-refractivity contribution < 1.29 is 4.57 Å². The highest BCUT2D eigenvalue weighted by Gasteiger charge is 2.44. The maximum Gasteiger partial charge on any atom is 0.271 e. The molecule has 0 fully saturated rings. The molecular formula is C33H23N4OPS. The molecule has 1 aliphatic rings. The summed E-state index contributed by atoms with van der Waals surface area (Å²) in [6.45, 7) is 0. The normalized spacial score (nSPS) is 16.1. The van der Waals surface area contributed by atoms with E-state index in [0.29, 0.717) is 17.0 Å². The van der Waals surface area contributed by atoms with E-state index in [9.17, 15) is 0 Å². The Balaban J connectivity index is 1.59. The van der Waals surface area contributed by atoms with Gasteiger partial charge in [0.25, 0.3) is 7.29 Å². The Bertz CT molecular complexity index is 1810. The smallest absolute Gasteiger partial charge is 0.271 e. The van der Waals surface area contributed by atoms with E-state index in [1.807, 2.05) is 138 Å². The molecule has 5 nitrogen and oxygen atoms in total. The Hall–Kier alpha value is -4.51. The van der Waals surface area contributed by atoms with Crippen molar-refractivity contribution >= 4 is 41.3 Å². The van der Waals surface area contributed by atoms with Crippen LogP contribution in [0.5, 0.6) is 0 Å². The van der Waals surface area contributed by atoms with Crippen molar-refractivity contribution in [1.29, 1.82) is 0 Å². The molecule has 7 rings (SSSR count). The molecule has 1 aliphatic heterocycles. The minimum absolute atomic E-state index is 0.244. The highest BCUT2D eigenvalue weighted by Crippen LogP contribution is 2.60. The van der Waals surface area contributed by atoms with Gasteiger partial charge in [-0.1, -0.05) is 115 Å². The molecule has 1 atom stereocenters. The summed E-state index contributed by atoms with van der Waals surface area (Å²) in [6, 6.07) is 45.4. The average molecular weight is 555 g/mol. The Morgan fingerprint density at radius 3 is 1.65 bits per heavy atom. The number of nitrogens with zero attached hydrogens (tertiary/aromatic N) is 4. The summed E-state index contributed by atoms with van der Waals surface area (Å²) in [5.41, 5.74) is 3.56. The largest absolute Gasteiger partial charge is 0.286 e. The van der Waals surface area contributed by atoms with Crippen molar-refractivity contribution in [2.45, 2.75) is 9.79 Å². The summed E-state index contributed by atoms with van der Waals surface area (Å²) < 4.78 is 18.0. The maximum atomic E-state index is 16.1. The van der Waals surface area contributed by atoms with Crippen molar-refractivity contribution in [2.24, 2.45) is 0 Å². The van der Waals surface area contributed by atoms with Crippen LogP contribution in [0.25, 0.3) is 22.8 Å². The Kier molecular flexibility index (Phi) is 6.27. The van der Waals surface area contributed by atoms with Crippen LogP contribution >= 0.6 is 19.1 Å². The van der Waals surface area contributed by atoms with Crippen LogP contribution in [0.4, 0.5) is 11.4 Å². The number of anilines is 2. The lowest BCUT2D eigenvalue weighted by Crippen LogP contribution is -2.33. The van der Waals surface area contributed by atoms with Crippen LogP contribution in [0.1, 0.15) is 0 Å². The van der Waals surface area contributed by atoms with Gasteiger partial charge in [0.15, 0.2) is 11.6 Å². The van der Waals surface area contributed by atoms with Gasteiger partial charge in [-0.2, -0.15) is 0 Å². The minimum atomic E-state index is -3.71. The summed E-state index contributed by atoms with van der Waals surface area (Å²) in [5.74, 6) is 0.964. The highest BCUT2D eigenvalue weighted by atomic mass is 32.2. The first-order chi connectivity index (χ1) is 19.7. The molecule has 0 amide bonds. The molecule has 0 aliphatic carbocycles. The van der Waals surface area contributed by atoms with Crippen molar-refractivity contribution in [1.82, 2.24) is 15.0 Å². The molecule has 2 heterocycles. The topological polar surface area (TPSA) is 59.0 Å². The molecule has 0 saturated carbocycles. The van der Waals surface area contributed by atoms with Crippen LogP contribution in [-0.4, -0.2) is 15.0 Å². The first-order valence-corrected chi connectivity index (χ1v) is 15.4. The molecule has 1 aromatic heterocycles. The molecule has 0 saturated heterocycles. The number of fused-ring (bicyclic) bond motifs is 2. The second kappa shape index (κ2) is 10.2. The van der Waals surface area contributed by atoms with E-state index in [2.05, 4.69) is 6.07 Å². The lowest BCUT2D eigenvalue weighted by Gasteiger charge is -2.32. The van der Waals surface area contributed by atoms with Crippen molar-refractivity contribution in [2.75, 3.05) is 4.67 Å². The van der Waals surface area contributed by atoms with E-state index in [4.69, 9.17) is 15.0 Å². The number of rotatable bonds is 4. The highest BCUT2D eigenvalue weighted by molar-refractivity contribution is 8.00. The Morgan fingerprint density at radius 2 is 1.02 bits per heavy atom. The van der Waals surface area contributed by atoms with Gasteiger partial charge < -0.3 is 0 Å². The quantitative estimate of drug-likeness (QED) is 0.208. The van der Waals surface area contributed by atoms with Gasteiger partial charge in [-0.25, -0.2) is 15.0 Å². The van der Waals surface area contributed by atoms with E-state index >= 15 is 4.57 Å². The van der Waals surface area contributed by atoms with Crippen molar-refractivity contribution in [3.63, 3.8) is 0 Å². The number of hydrogen-bond donors (Lipinski definition) is 0. The first kappa shape index (κ1) is 24.5. The first-order valence-electron chi connectivity index (χ1n) is 12.9. The Morgan fingerprint density at radius 1 is 0.525 bits per heavy atom. The number of benzene rings is 5. The van der Waals surface area contributed by atoms with Gasteiger partial charge in [0.2, 0.25) is 5.57 Å². The molecule has 1 unspecified atom stereocenters. The summed E-state index contributed by atoms with van der Waals surface area (Å²) in [5, 5.41) is 0.698. The zero-order valence-corrected chi connectivity index (χ0v) is 23.0. The van der Waals surface area contributed by atoms with Crippen LogP contribution < -0.4 is 15.5 Å². The van der Waals surface area contributed by atoms with E-state index in [1.165, 1.54) is 0 Å². The predicted molar refractivity (Wildman–Crippen MR) is 163 cm³/mol. The number of hydrogen-bond acceptors (Lipinski definition) is 5. The fourth-order valence-electron chi connectivity index (χ4n) is 4.89.